The first-order chi connectivity index (χ1) is 14.5. The Kier molecular flexibility index (Phi) is 5.92. The van der Waals surface area contributed by atoms with E-state index >= 15 is 0 Å². The highest BCUT2D eigenvalue weighted by Gasteiger charge is 2.29. The molecule has 2 aromatic heterocycles. The lowest BCUT2D eigenvalue weighted by Crippen LogP contribution is -2.31. The van der Waals surface area contributed by atoms with Gasteiger partial charge in [-0.15, -0.1) is 0 Å². The lowest BCUT2D eigenvalue weighted by atomic mass is 10.1. The number of amides is 1. The average molecular weight is 428 g/mol. The van der Waals surface area contributed by atoms with Crippen molar-refractivity contribution < 1.29 is 9.53 Å². The predicted octanol–water partition coefficient (Wildman–Crippen LogP) is 2.39. The number of hydrogen-bond donors (Lipinski definition) is 1. The van der Waals surface area contributed by atoms with Crippen LogP contribution in [0.15, 0.2) is 34.3 Å². The van der Waals surface area contributed by atoms with Gasteiger partial charge in [-0.05, 0) is 43.5 Å². The van der Waals surface area contributed by atoms with Crippen molar-refractivity contribution in [2.45, 2.75) is 37.9 Å². The summed E-state index contributed by atoms with van der Waals surface area (Å²) in [5.74, 6) is 0.583. The van der Waals surface area contributed by atoms with Crippen molar-refractivity contribution in [3.05, 3.63) is 45.9 Å². The Morgan fingerprint density at radius 2 is 2.17 bits per heavy atom. The molecule has 158 valence electrons. The number of aromatic nitrogens is 4. The summed E-state index contributed by atoms with van der Waals surface area (Å²) in [6.07, 6.45) is 2.58. The number of carbonyl (C=O) groups excluding carboxylic acids is 1. The average Bonchev–Trinajstić information content (AvgIpc) is 3.32. The fourth-order valence-electron chi connectivity index (χ4n) is 3.56. The molecule has 1 N–H and O–H groups in total. The van der Waals surface area contributed by atoms with Crippen molar-refractivity contribution in [2.24, 2.45) is 0 Å². The smallest absolute Gasteiger partial charge is 0.265 e. The molecule has 9 heteroatoms. The molecule has 1 atom stereocenters. The van der Waals surface area contributed by atoms with Crippen molar-refractivity contribution in [3.8, 4) is 5.69 Å². The summed E-state index contributed by atoms with van der Waals surface area (Å²) in [5, 5.41) is 8.41. The molecule has 1 aromatic carbocycles. The second kappa shape index (κ2) is 8.61. The van der Waals surface area contributed by atoms with Gasteiger partial charge in [-0.3, -0.25) is 14.2 Å². The second-order valence-electron chi connectivity index (χ2n) is 7.50. The SMILES string of the molecule is COCCCNC(=O)CC1CSc2nc3c(cnn3-c3ccc(C)c(C)c3)c(=O)n21. The number of carbonyl (C=O) groups is 1. The Morgan fingerprint density at radius 1 is 1.33 bits per heavy atom. The van der Waals surface area contributed by atoms with Crippen LogP contribution in [-0.4, -0.2) is 51.3 Å². The molecule has 1 unspecified atom stereocenters. The van der Waals surface area contributed by atoms with Gasteiger partial charge in [0.1, 0.15) is 5.39 Å². The van der Waals surface area contributed by atoms with Crippen LogP contribution in [0.3, 0.4) is 0 Å². The third-order valence-corrected chi connectivity index (χ3v) is 6.47. The maximum absolute atomic E-state index is 13.2. The van der Waals surface area contributed by atoms with Crippen LogP contribution in [0.5, 0.6) is 0 Å². The zero-order valence-electron chi connectivity index (χ0n) is 17.3. The van der Waals surface area contributed by atoms with Gasteiger partial charge in [0.05, 0.1) is 17.9 Å². The van der Waals surface area contributed by atoms with E-state index in [1.807, 2.05) is 25.1 Å². The monoisotopic (exact) mass is 427 g/mol. The van der Waals surface area contributed by atoms with Gasteiger partial charge in [0, 0.05) is 32.4 Å². The van der Waals surface area contributed by atoms with E-state index in [4.69, 9.17) is 9.72 Å². The van der Waals surface area contributed by atoms with Gasteiger partial charge in [0.15, 0.2) is 10.8 Å². The molecule has 3 heterocycles. The first kappa shape index (κ1) is 20.6. The Bertz CT molecular complexity index is 1150. The van der Waals surface area contributed by atoms with E-state index in [0.717, 1.165) is 17.7 Å². The van der Waals surface area contributed by atoms with Crippen molar-refractivity contribution in [1.82, 2.24) is 24.6 Å². The van der Waals surface area contributed by atoms with Crippen LogP contribution in [-0.2, 0) is 9.53 Å². The van der Waals surface area contributed by atoms with Gasteiger partial charge in [-0.2, -0.15) is 5.10 Å². The van der Waals surface area contributed by atoms with Crippen LogP contribution in [0.4, 0.5) is 0 Å². The number of thioether (sulfide) groups is 1. The topological polar surface area (TPSA) is 91.0 Å². The Hall–Kier alpha value is -2.65. The summed E-state index contributed by atoms with van der Waals surface area (Å²) in [5.41, 5.74) is 3.63. The standard InChI is InChI=1S/C21H25N5O3S/c1-13-5-6-15(9-14(13)2)26-19-17(11-23-26)20(28)25-16(12-30-21(25)24-19)10-18(27)22-7-4-8-29-3/h5-6,9,11,16H,4,7-8,10,12H2,1-3H3,(H,22,27). The number of hydrogen-bond acceptors (Lipinski definition) is 6. The molecule has 1 amide bonds. The molecule has 8 nitrogen and oxygen atoms in total. The minimum Gasteiger partial charge on any atom is -0.385 e. The fraction of sp³-hybridized carbons (Fsp3) is 0.429. The fourth-order valence-corrected chi connectivity index (χ4v) is 4.69. The molecule has 1 aliphatic heterocycles. The quantitative estimate of drug-likeness (QED) is 0.460. The third kappa shape index (κ3) is 3.87. The largest absolute Gasteiger partial charge is 0.385 e. The highest BCUT2D eigenvalue weighted by molar-refractivity contribution is 7.99. The van der Waals surface area contributed by atoms with Crippen LogP contribution in [0.1, 0.15) is 30.0 Å². The lowest BCUT2D eigenvalue weighted by molar-refractivity contribution is -0.121. The van der Waals surface area contributed by atoms with Crippen molar-refractivity contribution >= 4 is 28.7 Å². The van der Waals surface area contributed by atoms with E-state index in [1.165, 1.54) is 17.3 Å². The summed E-state index contributed by atoms with van der Waals surface area (Å²) in [7, 11) is 1.64. The van der Waals surface area contributed by atoms with Gasteiger partial charge < -0.3 is 10.1 Å². The summed E-state index contributed by atoms with van der Waals surface area (Å²) in [6.45, 7) is 5.27. The van der Waals surface area contributed by atoms with E-state index in [2.05, 4.69) is 17.3 Å². The molecule has 1 aliphatic rings. The zero-order valence-corrected chi connectivity index (χ0v) is 18.2. The van der Waals surface area contributed by atoms with Crippen LogP contribution < -0.4 is 10.9 Å². The molecule has 0 fully saturated rings. The number of benzene rings is 1. The van der Waals surface area contributed by atoms with Gasteiger partial charge in [-0.25, -0.2) is 9.67 Å². The summed E-state index contributed by atoms with van der Waals surface area (Å²) in [4.78, 5) is 30.2. The third-order valence-electron chi connectivity index (χ3n) is 5.37. The molecule has 0 bridgehead atoms. The Balaban J connectivity index is 1.61. The highest BCUT2D eigenvalue weighted by atomic mass is 32.2. The zero-order chi connectivity index (χ0) is 21.3. The Labute approximate surface area is 178 Å². The first-order valence-corrected chi connectivity index (χ1v) is 10.9. The van der Waals surface area contributed by atoms with E-state index in [0.29, 0.717) is 35.1 Å². The van der Waals surface area contributed by atoms with Crippen LogP contribution in [0, 0.1) is 13.8 Å². The van der Waals surface area contributed by atoms with E-state index in [9.17, 15) is 9.59 Å². The molecule has 0 saturated carbocycles. The minimum absolute atomic E-state index is 0.0672. The molecule has 0 radical (unpaired) electrons. The van der Waals surface area contributed by atoms with Gasteiger partial charge in [-0.1, -0.05) is 17.8 Å². The lowest BCUT2D eigenvalue weighted by Gasteiger charge is -2.13. The number of ether oxygens (including phenoxy) is 1. The normalized spacial score (nSPS) is 15.5. The number of aryl methyl sites for hydroxylation is 2. The highest BCUT2D eigenvalue weighted by Crippen LogP contribution is 2.33. The van der Waals surface area contributed by atoms with Crippen molar-refractivity contribution in [2.75, 3.05) is 26.0 Å². The number of nitrogens with one attached hydrogen (secondary N) is 1. The van der Waals surface area contributed by atoms with E-state index in [-0.39, 0.29) is 23.9 Å². The number of nitrogens with zero attached hydrogens (tertiary/aromatic N) is 4. The summed E-state index contributed by atoms with van der Waals surface area (Å²) >= 11 is 1.50. The first-order valence-electron chi connectivity index (χ1n) is 9.96. The van der Waals surface area contributed by atoms with Crippen LogP contribution >= 0.6 is 11.8 Å². The molecular formula is C21H25N5O3S. The molecule has 30 heavy (non-hydrogen) atoms. The van der Waals surface area contributed by atoms with Crippen LogP contribution in [0.2, 0.25) is 0 Å². The van der Waals surface area contributed by atoms with Gasteiger partial charge in [0.25, 0.3) is 5.56 Å². The molecular weight excluding hydrogens is 402 g/mol. The van der Waals surface area contributed by atoms with Gasteiger partial charge in [0.2, 0.25) is 5.91 Å². The van der Waals surface area contributed by atoms with Crippen molar-refractivity contribution in [1.29, 1.82) is 0 Å². The summed E-state index contributed by atoms with van der Waals surface area (Å²) < 4.78 is 8.35. The molecule has 0 spiro atoms. The maximum atomic E-state index is 13.2. The maximum Gasteiger partial charge on any atom is 0.265 e. The number of rotatable bonds is 7. The van der Waals surface area contributed by atoms with Crippen molar-refractivity contribution in [3.63, 3.8) is 0 Å². The molecule has 4 rings (SSSR count). The molecule has 3 aromatic rings. The van der Waals surface area contributed by atoms with E-state index in [1.54, 1.807) is 22.6 Å². The molecule has 0 saturated heterocycles. The summed E-state index contributed by atoms with van der Waals surface area (Å²) in [6, 6.07) is 5.85. The molecule has 0 aliphatic carbocycles. The second-order valence-corrected chi connectivity index (χ2v) is 8.48. The number of fused-ring (bicyclic) bond motifs is 2. The van der Waals surface area contributed by atoms with Gasteiger partial charge >= 0.3 is 0 Å². The van der Waals surface area contributed by atoms with Crippen LogP contribution in [0.25, 0.3) is 16.7 Å². The Morgan fingerprint density at radius 3 is 2.93 bits per heavy atom. The van der Waals surface area contributed by atoms with E-state index < -0.39 is 0 Å². The predicted molar refractivity (Wildman–Crippen MR) is 116 cm³/mol. The number of methoxy groups -OCH3 is 1. The minimum atomic E-state index is -0.207.